The van der Waals surface area contributed by atoms with Crippen molar-refractivity contribution in [2.45, 2.75) is 25.0 Å². The Balaban J connectivity index is 3.90. The smallest absolute Gasteiger partial charge is 0.323 e. The molecule has 1 unspecified atom stereocenters. The lowest BCUT2D eigenvalue weighted by molar-refractivity contribution is -0.136. The third-order valence-electron chi connectivity index (χ3n) is 1.89. The maximum atomic E-state index is 11.3. The van der Waals surface area contributed by atoms with Crippen molar-refractivity contribution in [3.8, 4) is 0 Å². The molecule has 0 saturated heterocycles. The Morgan fingerprint density at radius 3 is 2.53 bits per heavy atom. The van der Waals surface area contributed by atoms with Crippen LogP contribution in [0.2, 0.25) is 0 Å². The summed E-state index contributed by atoms with van der Waals surface area (Å²) in [6.45, 7) is 1.47. The number of rotatable bonds is 8. The first kappa shape index (κ1) is 14.7. The molecule has 0 aromatic rings. The Morgan fingerprint density at radius 2 is 2.07 bits per heavy atom. The van der Waals surface area contributed by atoms with Crippen molar-refractivity contribution in [1.82, 2.24) is 4.72 Å². The Kier molecular flexibility index (Phi) is 6.95. The first-order chi connectivity index (χ1) is 6.91. The molecule has 0 fully saturated rings. The van der Waals surface area contributed by atoms with E-state index in [0.717, 1.165) is 25.5 Å². The largest absolute Gasteiger partial charge is 0.480 e. The Bertz CT molecular complexity index is 289. The molecule has 0 heterocycles. The van der Waals surface area contributed by atoms with Crippen molar-refractivity contribution in [2.24, 2.45) is 0 Å². The molecule has 0 spiro atoms. The predicted octanol–water partition coefficient (Wildman–Crippen LogP) is 0.522. The van der Waals surface area contributed by atoms with Gasteiger partial charge in [-0.25, -0.2) is 13.1 Å². The molecule has 15 heavy (non-hydrogen) atoms. The summed E-state index contributed by atoms with van der Waals surface area (Å²) in [6, 6.07) is 0. The van der Waals surface area contributed by atoms with Gasteiger partial charge in [0, 0.05) is 6.54 Å². The van der Waals surface area contributed by atoms with E-state index in [-0.39, 0.29) is 0 Å². The van der Waals surface area contributed by atoms with E-state index in [9.17, 15) is 13.2 Å². The average molecular weight is 255 g/mol. The molecule has 0 radical (unpaired) electrons. The summed E-state index contributed by atoms with van der Waals surface area (Å²) in [5.74, 6) is -0.345. The SMILES string of the molecule is CSCCCCNS(=O)(=O)C(C)C(=O)O. The van der Waals surface area contributed by atoms with E-state index in [0.29, 0.717) is 6.54 Å². The van der Waals surface area contributed by atoms with Gasteiger partial charge in [0.05, 0.1) is 0 Å². The lowest BCUT2D eigenvalue weighted by atomic mass is 10.3. The van der Waals surface area contributed by atoms with E-state index in [1.54, 1.807) is 11.8 Å². The molecule has 0 aliphatic carbocycles. The molecule has 0 amide bonds. The van der Waals surface area contributed by atoms with Gasteiger partial charge in [0.15, 0.2) is 5.25 Å². The van der Waals surface area contributed by atoms with Crippen molar-refractivity contribution in [3.63, 3.8) is 0 Å². The van der Waals surface area contributed by atoms with Crippen LogP contribution in [0.1, 0.15) is 19.8 Å². The van der Waals surface area contributed by atoms with Gasteiger partial charge in [-0.1, -0.05) is 0 Å². The minimum Gasteiger partial charge on any atom is -0.480 e. The van der Waals surface area contributed by atoms with E-state index < -0.39 is 21.2 Å². The molecule has 0 aliphatic heterocycles. The number of sulfonamides is 1. The maximum Gasteiger partial charge on any atom is 0.323 e. The molecule has 0 saturated carbocycles. The van der Waals surface area contributed by atoms with Crippen molar-refractivity contribution in [2.75, 3.05) is 18.6 Å². The van der Waals surface area contributed by atoms with Crippen LogP contribution in [-0.2, 0) is 14.8 Å². The van der Waals surface area contributed by atoms with Gasteiger partial charge in [-0.05, 0) is 31.8 Å². The number of carbonyl (C=O) groups is 1. The van der Waals surface area contributed by atoms with Crippen molar-refractivity contribution in [1.29, 1.82) is 0 Å². The van der Waals surface area contributed by atoms with Crippen molar-refractivity contribution < 1.29 is 18.3 Å². The van der Waals surface area contributed by atoms with Crippen LogP contribution in [0.15, 0.2) is 0 Å². The Hall–Kier alpha value is -0.270. The molecular formula is C8H17NO4S2. The zero-order valence-electron chi connectivity index (χ0n) is 8.89. The number of thioether (sulfide) groups is 1. The van der Waals surface area contributed by atoms with Crippen LogP contribution in [0.3, 0.4) is 0 Å². The fourth-order valence-corrected chi connectivity index (χ4v) is 2.28. The van der Waals surface area contributed by atoms with Crippen LogP contribution >= 0.6 is 11.8 Å². The number of hydrogen-bond donors (Lipinski definition) is 2. The summed E-state index contributed by atoms with van der Waals surface area (Å²) in [7, 11) is -3.70. The van der Waals surface area contributed by atoms with Crippen LogP contribution in [0, 0.1) is 0 Å². The first-order valence-electron chi connectivity index (χ1n) is 4.62. The predicted molar refractivity (Wildman–Crippen MR) is 61.6 cm³/mol. The fourth-order valence-electron chi connectivity index (χ4n) is 0.844. The number of aliphatic carboxylic acids is 1. The van der Waals surface area contributed by atoms with E-state index in [1.807, 2.05) is 6.26 Å². The van der Waals surface area contributed by atoms with Gasteiger partial charge < -0.3 is 5.11 Å². The van der Waals surface area contributed by atoms with Crippen LogP contribution in [0.4, 0.5) is 0 Å². The molecular weight excluding hydrogens is 238 g/mol. The van der Waals surface area contributed by atoms with E-state index in [4.69, 9.17) is 5.11 Å². The molecule has 0 bridgehead atoms. The molecule has 0 aromatic carbocycles. The normalized spacial score (nSPS) is 13.7. The molecule has 0 aliphatic rings. The molecule has 5 nitrogen and oxygen atoms in total. The summed E-state index contributed by atoms with van der Waals surface area (Å²) in [5.41, 5.74) is 0. The summed E-state index contributed by atoms with van der Waals surface area (Å²) in [6.07, 6.45) is 3.63. The highest BCUT2D eigenvalue weighted by molar-refractivity contribution is 7.98. The van der Waals surface area contributed by atoms with Crippen molar-refractivity contribution >= 4 is 27.8 Å². The molecule has 7 heteroatoms. The van der Waals surface area contributed by atoms with Gasteiger partial charge in [-0.15, -0.1) is 0 Å². The van der Waals surface area contributed by atoms with Crippen LogP contribution < -0.4 is 4.72 Å². The monoisotopic (exact) mass is 255 g/mol. The third-order valence-corrected chi connectivity index (χ3v) is 4.33. The maximum absolute atomic E-state index is 11.3. The van der Waals surface area contributed by atoms with Gasteiger partial charge in [-0.2, -0.15) is 11.8 Å². The van der Waals surface area contributed by atoms with Crippen LogP contribution in [0.5, 0.6) is 0 Å². The number of carboxylic acids is 1. The van der Waals surface area contributed by atoms with Gasteiger partial charge in [0.1, 0.15) is 0 Å². The molecule has 0 aromatic heterocycles. The average Bonchev–Trinajstić information content (AvgIpc) is 2.16. The summed E-state index contributed by atoms with van der Waals surface area (Å²) >= 11 is 1.70. The lowest BCUT2D eigenvalue weighted by Gasteiger charge is -2.09. The van der Waals surface area contributed by atoms with Gasteiger partial charge in [0.25, 0.3) is 0 Å². The quantitative estimate of drug-likeness (QED) is 0.618. The molecule has 0 rings (SSSR count). The van der Waals surface area contributed by atoms with Crippen molar-refractivity contribution in [3.05, 3.63) is 0 Å². The van der Waals surface area contributed by atoms with E-state index in [1.165, 1.54) is 0 Å². The minimum atomic E-state index is -3.70. The van der Waals surface area contributed by atoms with E-state index >= 15 is 0 Å². The zero-order valence-corrected chi connectivity index (χ0v) is 10.5. The van der Waals surface area contributed by atoms with Crippen LogP contribution in [-0.4, -0.2) is 43.3 Å². The highest BCUT2D eigenvalue weighted by atomic mass is 32.2. The lowest BCUT2D eigenvalue weighted by Crippen LogP contribution is -2.37. The highest BCUT2D eigenvalue weighted by Gasteiger charge is 2.26. The van der Waals surface area contributed by atoms with Crippen LogP contribution in [0.25, 0.3) is 0 Å². The standard InChI is InChI=1S/C8H17NO4S2/c1-7(8(10)11)15(12,13)9-5-3-4-6-14-2/h7,9H,3-6H2,1-2H3,(H,10,11). The summed E-state index contributed by atoms with van der Waals surface area (Å²) < 4.78 is 24.9. The molecule has 90 valence electrons. The first-order valence-corrected chi connectivity index (χ1v) is 7.56. The topological polar surface area (TPSA) is 83.5 Å². The second kappa shape index (κ2) is 7.08. The zero-order chi connectivity index (χ0) is 11.9. The van der Waals surface area contributed by atoms with E-state index in [2.05, 4.69) is 4.72 Å². The molecule has 2 N–H and O–H groups in total. The third kappa shape index (κ3) is 6.01. The van der Waals surface area contributed by atoms with Gasteiger partial charge >= 0.3 is 5.97 Å². The highest BCUT2D eigenvalue weighted by Crippen LogP contribution is 2.01. The summed E-state index contributed by atoms with van der Waals surface area (Å²) in [5, 5.41) is 7.15. The Morgan fingerprint density at radius 1 is 1.47 bits per heavy atom. The number of hydrogen-bond acceptors (Lipinski definition) is 4. The number of unbranched alkanes of at least 4 members (excludes halogenated alkanes) is 1. The minimum absolute atomic E-state index is 0.306. The second-order valence-electron chi connectivity index (χ2n) is 3.12. The Labute approximate surface area is 94.7 Å². The number of nitrogens with one attached hydrogen (secondary N) is 1. The number of carboxylic acid groups (broad SMARTS) is 1. The van der Waals surface area contributed by atoms with Gasteiger partial charge in [0.2, 0.25) is 10.0 Å². The second-order valence-corrected chi connectivity index (χ2v) is 6.19. The summed E-state index contributed by atoms with van der Waals surface area (Å²) in [4.78, 5) is 10.5. The molecule has 1 atom stereocenters. The van der Waals surface area contributed by atoms with Gasteiger partial charge in [-0.3, -0.25) is 4.79 Å². The fraction of sp³-hybridized carbons (Fsp3) is 0.875.